The van der Waals surface area contributed by atoms with Gasteiger partial charge in [-0.15, -0.1) is 0 Å². The van der Waals surface area contributed by atoms with E-state index in [-0.39, 0.29) is 0 Å². The molecule has 3 nitrogen and oxygen atoms in total. The molecule has 1 aliphatic rings. The lowest BCUT2D eigenvalue weighted by molar-refractivity contribution is 0.0978. The summed E-state index contributed by atoms with van der Waals surface area (Å²) < 4.78 is 5.72. The molecule has 1 aromatic carbocycles. The molecule has 3 heteroatoms. The first kappa shape index (κ1) is 15.3. The van der Waals surface area contributed by atoms with Crippen molar-refractivity contribution in [2.45, 2.75) is 52.2 Å². The summed E-state index contributed by atoms with van der Waals surface area (Å²) in [5.41, 5.74) is 2.29. The molecule has 1 aliphatic carbocycles. The van der Waals surface area contributed by atoms with Crippen molar-refractivity contribution in [2.75, 3.05) is 13.2 Å². The fourth-order valence-corrected chi connectivity index (χ4v) is 2.54. The van der Waals surface area contributed by atoms with E-state index in [1.54, 1.807) is 0 Å². The fourth-order valence-electron chi connectivity index (χ4n) is 2.54. The van der Waals surface area contributed by atoms with Crippen LogP contribution in [-0.4, -0.2) is 30.4 Å². The number of ether oxygens (including phenoxy) is 1. The Kier molecular flexibility index (Phi) is 5.44. The van der Waals surface area contributed by atoms with Gasteiger partial charge in [0.2, 0.25) is 0 Å². The van der Waals surface area contributed by atoms with Crippen molar-refractivity contribution in [3.63, 3.8) is 0 Å². The summed E-state index contributed by atoms with van der Waals surface area (Å²) in [6.45, 7) is 7.22. The van der Waals surface area contributed by atoms with Gasteiger partial charge in [0, 0.05) is 12.6 Å². The normalized spacial score (nSPS) is 18.4. The molecule has 112 valence electrons. The highest BCUT2D eigenvalue weighted by Crippen LogP contribution is 2.29. The lowest BCUT2D eigenvalue weighted by Gasteiger charge is -2.32. The molecule has 1 saturated carbocycles. The van der Waals surface area contributed by atoms with Crippen LogP contribution in [0.4, 0.5) is 0 Å². The number of aliphatic hydroxyl groups is 1. The quantitative estimate of drug-likeness (QED) is 0.805. The maximum absolute atomic E-state index is 10.0. The largest absolute Gasteiger partial charge is 0.491 e. The molecule has 0 heterocycles. The van der Waals surface area contributed by atoms with Gasteiger partial charge in [0.15, 0.2) is 0 Å². The molecule has 2 unspecified atom stereocenters. The van der Waals surface area contributed by atoms with Gasteiger partial charge in [-0.3, -0.25) is 0 Å². The van der Waals surface area contributed by atoms with E-state index in [4.69, 9.17) is 4.74 Å². The fraction of sp³-hybridized carbons (Fsp3) is 0.647. The van der Waals surface area contributed by atoms with E-state index >= 15 is 0 Å². The predicted octanol–water partition coefficient (Wildman–Crippen LogP) is 2.82. The summed E-state index contributed by atoms with van der Waals surface area (Å²) in [4.78, 5) is 0. The lowest BCUT2D eigenvalue weighted by Crippen LogP contribution is -2.42. The van der Waals surface area contributed by atoms with Crippen molar-refractivity contribution in [3.05, 3.63) is 29.3 Å². The van der Waals surface area contributed by atoms with E-state index < -0.39 is 6.10 Å². The molecule has 0 aliphatic heterocycles. The molecular weight excluding hydrogens is 250 g/mol. The van der Waals surface area contributed by atoms with Crippen LogP contribution >= 0.6 is 0 Å². The van der Waals surface area contributed by atoms with Gasteiger partial charge in [0.05, 0.1) is 0 Å². The molecule has 0 saturated heterocycles. The minimum atomic E-state index is -0.461. The van der Waals surface area contributed by atoms with Crippen LogP contribution in [0.5, 0.6) is 5.75 Å². The van der Waals surface area contributed by atoms with Gasteiger partial charge in [-0.05, 0) is 56.7 Å². The molecule has 2 rings (SSSR count). The summed E-state index contributed by atoms with van der Waals surface area (Å²) in [6, 6.07) is 6.64. The molecule has 1 fully saturated rings. The first-order valence-electron chi connectivity index (χ1n) is 7.67. The zero-order valence-corrected chi connectivity index (χ0v) is 12.9. The van der Waals surface area contributed by atoms with E-state index in [0.717, 1.165) is 17.2 Å². The van der Waals surface area contributed by atoms with Crippen molar-refractivity contribution < 1.29 is 9.84 Å². The average Bonchev–Trinajstić information content (AvgIpc) is 2.35. The number of nitrogens with one attached hydrogen (secondary N) is 1. The zero-order valence-electron chi connectivity index (χ0n) is 12.9. The van der Waals surface area contributed by atoms with E-state index in [1.807, 2.05) is 26.0 Å². The molecular formula is C17H27NO2. The Bertz CT molecular complexity index is 429. The average molecular weight is 277 g/mol. The molecule has 2 N–H and O–H groups in total. The van der Waals surface area contributed by atoms with Crippen LogP contribution in [-0.2, 0) is 0 Å². The van der Waals surface area contributed by atoms with Gasteiger partial charge < -0.3 is 15.2 Å². The Morgan fingerprint density at radius 1 is 1.35 bits per heavy atom. The second-order valence-electron chi connectivity index (χ2n) is 6.12. The van der Waals surface area contributed by atoms with Gasteiger partial charge in [0.1, 0.15) is 18.5 Å². The third-order valence-electron chi connectivity index (χ3n) is 4.31. The monoisotopic (exact) mass is 277 g/mol. The summed E-state index contributed by atoms with van der Waals surface area (Å²) in [5, 5.41) is 13.4. The Balaban J connectivity index is 1.71. The second-order valence-corrected chi connectivity index (χ2v) is 6.12. The Hall–Kier alpha value is -1.06. The first-order valence-corrected chi connectivity index (χ1v) is 7.67. The van der Waals surface area contributed by atoms with E-state index in [2.05, 4.69) is 18.3 Å². The van der Waals surface area contributed by atoms with E-state index in [0.29, 0.717) is 19.2 Å². The topological polar surface area (TPSA) is 41.5 Å². The number of hydrogen-bond donors (Lipinski definition) is 2. The number of aryl methyl sites for hydroxylation is 2. The highest BCUT2D eigenvalue weighted by atomic mass is 16.5. The number of hydrogen-bond acceptors (Lipinski definition) is 3. The summed E-state index contributed by atoms with van der Waals surface area (Å²) >= 11 is 0. The minimum Gasteiger partial charge on any atom is -0.491 e. The van der Waals surface area contributed by atoms with Crippen LogP contribution in [0.1, 0.15) is 37.3 Å². The number of aliphatic hydroxyl groups excluding tert-OH is 1. The van der Waals surface area contributed by atoms with Crippen LogP contribution < -0.4 is 10.1 Å². The summed E-state index contributed by atoms with van der Waals surface area (Å²) in [7, 11) is 0. The summed E-state index contributed by atoms with van der Waals surface area (Å²) in [6.07, 6.45) is 3.54. The van der Waals surface area contributed by atoms with Crippen LogP contribution in [0, 0.1) is 19.8 Å². The van der Waals surface area contributed by atoms with Crippen LogP contribution in [0.15, 0.2) is 18.2 Å². The molecule has 0 bridgehead atoms. The summed E-state index contributed by atoms with van der Waals surface area (Å²) in [5.74, 6) is 1.67. The minimum absolute atomic E-state index is 0.342. The molecule has 0 spiro atoms. The maximum atomic E-state index is 10.0. The Morgan fingerprint density at radius 2 is 2.10 bits per heavy atom. The highest BCUT2D eigenvalue weighted by molar-refractivity contribution is 5.35. The molecule has 2 atom stereocenters. The number of benzene rings is 1. The van der Waals surface area contributed by atoms with Crippen molar-refractivity contribution in [3.8, 4) is 5.75 Å². The molecule has 1 aromatic rings. The Labute approximate surface area is 122 Å². The van der Waals surface area contributed by atoms with Gasteiger partial charge in [-0.25, -0.2) is 0 Å². The highest BCUT2D eigenvalue weighted by Gasteiger charge is 2.23. The van der Waals surface area contributed by atoms with Gasteiger partial charge >= 0.3 is 0 Å². The van der Waals surface area contributed by atoms with Crippen molar-refractivity contribution in [1.29, 1.82) is 0 Å². The van der Waals surface area contributed by atoms with Crippen molar-refractivity contribution in [2.24, 2.45) is 5.92 Å². The van der Waals surface area contributed by atoms with Crippen molar-refractivity contribution in [1.82, 2.24) is 5.32 Å². The standard InChI is InChI=1S/C17H27NO2/c1-12-7-8-13(2)17(9-12)20-11-16(19)10-18-14(3)15-5-4-6-15/h7-9,14-16,18-19H,4-6,10-11H2,1-3H3. The SMILES string of the molecule is Cc1ccc(C)c(OCC(O)CNC(C)C2CCC2)c1. The molecule has 0 amide bonds. The second kappa shape index (κ2) is 7.09. The van der Waals surface area contributed by atoms with Crippen molar-refractivity contribution >= 4 is 0 Å². The van der Waals surface area contributed by atoms with Crippen LogP contribution in [0.2, 0.25) is 0 Å². The molecule has 0 radical (unpaired) electrons. The van der Waals surface area contributed by atoms with Gasteiger partial charge in [-0.1, -0.05) is 18.6 Å². The van der Waals surface area contributed by atoms with Crippen LogP contribution in [0.25, 0.3) is 0 Å². The number of rotatable bonds is 7. The predicted molar refractivity (Wildman–Crippen MR) is 82.2 cm³/mol. The first-order chi connectivity index (χ1) is 9.56. The lowest BCUT2D eigenvalue weighted by atomic mass is 9.80. The third kappa shape index (κ3) is 4.22. The van der Waals surface area contributed by atoms with E-state index in [1.165, 1.54) is 24.8 Å². The molecule has 20 heavy (non-hydrogen) atoms. The van der Waals surface area contributed by atoms with Gasteiger partial charge in [-0.2, -0.15) is 0 Å². The van der Waals surface area contributed by atoms with Gasteiger partial charge in [0.25, 0.3) is 0 Å². The van der Waals surface area contributed by atoms with Crippen LogP contribution in [0.3, 0.4) is 0 Å². The molecule has 0 aromatic heterocycles. The smallest absolute Gasteiger partial charge is 0.122 e. The maximum Gasteiger partial charge on any atom is 0.122 e. The zero-order chi connectivity index (χ0) is 14.5. The Morgan fingerprint density at radius 3 is 2.75 bits per heavy atom. The third-order valence-corrected chi connectivity index (χ3v) is 4.31. The van der Waals surface area contributed by atoms with E-state index in [9.17, 15) is 5.11 Å².